The second-order valence-electron chi connectivity index (χ2n) is 4.27. The van der Waals surface area contributed by atoms with Gasteiger partial charge in [-0.05, 0) is 19.9 Å². The molecule has 0 bridgehead atoms. The number of hydrogen-bond acceptors (Lipinski definition) is 5. The largest absolute Gasteiger partial charge is 0.323 e. The molecule has 0 atom stereocenters. The first-order chi connectivity index (χ1) is 9.13. The van der Waals surface area contributed by atoms with E-state index in [9.17, 15) is 4.79 Å². The van der Waals surface area contributed by atoms with E-state index < -0.39 is 0 Å². The van der Waals surface area contributed by atoms with E-state index in [1.54, 1.807) is 29.2 Å². The number of pyridine rings is 1. The molecule has 0 aliphatic carbocycles. The number of anilines is 2. The highest BCUT2D eigenvalue weighted by Gasteiger charge is 2.14. The normalized spacial score (nSPS) is 10.5. The van der Waals surface area contributed by atoms with Crippen LogP contribution in [0.3, 0.4) is 0 Å². The summed E-state index contributed by atoms with van der Waals surface area (Å²) in [6, 6.07) is 3.53. The molecule has 0 saturated heterocycles. The second kappa shape index (κ2) is 5.49. The van der Waals surface area contributed by atoms with Crippen molar-refractivity contribution in [3.05, 3.63) is 36.3 Å². The number of carbonyl (C=O) groups is 1. The topological polar surface area (TPSA) is 97.9 Å². The Hall–Kier alpha value is -2.41. The van der Waals surface area contributed by atoms with Gasteiger partial charge in [0.1, 0.15) is 5.82 Å². The van der Waals surface area contributed by atoms with Crippen LogP contribution in [0.5, 0.6) is 0 Å². The van der Waals surface area contributed by atoms with Crippen molar-refractivity contribution in [2.24, 2.45) is 5.84 Å². The van der Waals surface area contributed by atoms with Crippen molar-refractivity contribution >= 4 is 17.4 Å². The Morgan fingerprint density at radius 2 is 2.16 bits per heavy atom. The highest BCUT2D eigenvalue weighted by Crippen LogP contribution is 2.17. The van der Waals surface area contributed by atoms with Crippen LogP contribution in [-0.2, 0) is 0 Å². The van der Waals surface area contributed by atoms with Gasteiger partial charge in [0.25, 0.3) is 5.91 Å². The minimum atomic E-state index is -0.288. The molecular formula is C12H16N6O. The first kappa shape index (κ1) is 13.0. The summed E-state index contributed by atoms with van der Waals surface area (Å²) < 4.78 is 1.73. The van der Waals surface area contributed by atoms with E-state index in [-0.39, 0.29) is 11.9 Å². The molecule has 100 valence electrons. The minimum Gasteiger partial charge on any atom is -0.323 e. The standard InChI is InChI=1S/C12H16N6O/c1-8(2)18-11(4-6-15-18)16-12(19)9-7-14-5-3-10(9)17-13/h3-8H,13H2,1-2H3,(H,14,17)(H,16,19). The van der Waals surface area contributed by atoms with Gasteiger partial charge in [0.15, 0.2) is 0 Å². The summed E-state index contributed by atoms with van der Waals surface area (Å²) in [5, 5.41) is 6.94. The summed E-state index contributed by atoms with van der Waals surface area (Å²) >= 11 is 0. The Kier molecular flexibility index (Phi) is 3.76. The number of nitrogens with zero attached hydrogens (tertiary/aromatic N) is 3. The van der Waals surface area contributed by atoms with Crippen LogP contribution in [0.15, 0.2) is 30.7 Å². The summed E-state index contributed by atoms with van der Waals surface area (Å²) in [7, 11) is 0. The van der Waals surface area contributed by atoms with Gasteiger partial charge in [0.05, 0.1) is 17.4 Å². The number of nitrogens with two attached hydrogens (primary N) is 1. The number of amides is 1. The molecular weight excluding hydrogens is 244 g/mol. The van der Waals surface area contributed by atoms with E-state index in [2.05, 4.69) is 20.8 Å². The molecule has 7 heteroatoms. The van der Waals surface area contributed by atoms with Crippen molar-refractivity contribution in [2.45, 2.75) is 19.9 Å². The number of aromatic nitrogens is 3. The Morgan fingerprint density at radius 3 is 2.84 bits per heavy atom. The molecule has 0 saturated carbocycles. The van der Waals surface area contributed by atoms with Crippen LogP contribution in [0.4, 0.5) is 11.5 Å². The summed E-state index contributed by atoms with van der Waals surface area (Å²) in [6.07, 6.45) is 4.66. The van der Waals surface area contributed by atoms with Gasteiger partial charge >= 0.3 is 0 Å². The zero-order valence-corrected chi connectivity index (χ0v) is 10.8. The molecule has 4 N–H and O–H groups in total. The lowest BCUT2D eigenvalue weighted by Gasteiger charge is -2.12. The maximum Gasteiger partial charge on any atom is 0.260 e. The molecule has 0 spiro atoms. The lowest BCUT2D eigenvalue weighted by Crippen LogP contribution is -2.19. The van der Waals surface area contributed by atoms with Gasteiger partial charge in [-0.1, -0.05) is 0 Å². The van der Waals surface area contributed by atoms with E-state index in [1.807, 2.05) is 13.8 Å². The second-order valence-corrected chi connectivity index (χ2v) is 4.27. The molecule has 1 amide bonds. The monoisotopic (exact) mass is 260 g/mol. The van der Waals surface area contributed by atoms with Crippen LogP contribution in [0, 0.1) is 0 Å². The van der Waals surface area contributed by atoms with Gasteiger partial charge in [-0.2, -0.15) is 5.10 Å². The fourth-order valence-electron chi connectivity index (χ4n) is 1.71. The van der Waals surface area contributed by atoms with E-state index in [1.165, 1.54) is 6.20 Å². The van der Waals surface area contributed by atoms with Crippen molar-refractivity contribution < 1.29 is 4.79 Å². The Balaban J connectivity index is 2.23. The van der Waals surface area contributed by atoms with Crippen molar-refractivity contribution in [1.29, 1.82) is 0 Å². The van der Waals surface area contributed by atoms with Crippen molar-refractivity contribution in [2.75, 3.05) is 10.7 Å². The molecule has 0 aliphatic rings. The number of rotatable bonds is 4. The number of hydrazine groups is 1. The van der Waals surface area contributed by atoms with Crippen LogP contribution in [0.2, 0.25) is 0 Å². The van der Waals surface area contributed by atoms with Crippen molar-refractivity contribution in [3.63, 3.8) is 0 Å². The fraction of sp³-hybridized carbons (Fsp3) is 0.250. The van der Waals surface area contributed by atoms with E-state index in [0.29, 0.717) is 17.1 Å². The van der Waals surface area contributed by atoms with Gasteiger partial charge in [-0.25, -0.2) is 4.68 Å². The molecule has 2 aromatic rings. The molecule has 0 aliphatic heterocycles. The van der Waals surface area contributed by atoms with Crippen LogP contribution in [0.25, 0.3) is 0 Å². The van der Waals surface area contributed by atoms with Gasteiger partial charge in [-0.3, -0.25) is 15.6 Å². The predicted molar refractivity (Wildman–Crippen MR) is 72.6 cm³/mol. The van der Waals surface area contributed by atoms with Gasteiger partial charge in [0.2, 0.25) is 0 Å². The molecule has 2 aromatic heterocycles. The summed E-state index contributed by atoms with van der Waals surface area (Å²) in [5.74, 6) is 5.71. The molecule has 0 aromatic carbocycles. The number of hydrogen-bond donors (Lipinski definition) is 3. The lowest BCUT2D eigenvalue weighted by atomic mass is 10.2. The Bertz CT molecular complexity index is 577. The molecule has 0 fully saturated rings. The number of carbonyl (C=O) groups excluding carboxylic acids is 1. The zero-order valence-electron chi connectivity index (χ0n) is 10.8. The smallest absolute Gasteiger partial charge is 0.260 e. The quantitative estimate of drug-likeness (QED) is 0.570. The average molecular weight is 260 g/mol. The van der Waals surface area contributed by atoms with E-state index in [4.69, 9.17) is 5.84 Å². The Labute approximate surface area is 110 Å². The predicted octanol–water partition coefficient (Wildman–Crippen LogP) is 1.40. The van der Waals surface area contributed by atoms with Crippen LogP contribution in [-0.4, -0.2) is 20.7 Å². The highest BCUT2D eigenvalue weighted by atomic mass is 16.1. The van der Waals surface area contributed by atoms with Crippen LogP contribution < -0.4 is 16.6 Å². The number of nitrogens with one attached hydrogen (secondary N) is 2. The lowest BCUT2D eigenvalue weighted by molar-refractivity contribution is 0.102. The fourth-order valence-corrected chi connectivity index (χ4v) is 1.71. The SMILES string of the molecule is CC(C)n1nccc1NC(=O)c1cnccc1NN. The summed E-state index contributed by atoms with van der Waals surface area (Å²) in [5.41, 5.74) is 3.36. The van der Waals surface area contributed by atoms with E-state index in [0.717, 1.165) is 0 Å². The maximum atomic E-state index is 12.2. The molecule has 19 heavy (non-hydrogen) atoms. The summed E-state index contributed by atoms with van der Waals surface area (Å²) in [4.78, 5) is 16.1. The van der Waals surface area contributed by atoms with Crippen LogP contribution >= 0.6 is 0 Å². The number of nitrogen functional groups attached to an aromatic ring is 1. The first-order valence-electron chi connectivity index (χ1n) is 5.89. The van der Waals surface area contributed by atoms with Crippen molar-refractivity contribution in [1.82, 2.24) is 14.8 Å². The third-order valence-corrected chi connectivity index (χ3v) is 2.62. The zero-order chi connectivity index (χ0) is 13.8. The van der Waals surface area contributed by atoms with Gasteiger partial charge in [-0.15, -0.1) is 0 Å². The minimum absolute atomic E-state index is 0.159. The molecule has 0 unspecified atom stereocenters. The third kappa shape index (κ3) is 2.71. The Morgan fingerprint density at radius 1 is 1.37 bits per heavy atom. The van der Waals surface area contributed by atoms with Crippen molar-refractivity contribution in [3.8, 4) is 0 Å². The molecule has 0 radical (unpaired) electrons. The van der Waals surface area contributed by atoms with Crippen LogP contribution in [0.1, 0.15) is 30.2 Å². The molecule has 7 nitrogen and oxygen atoms in total. The van der Waals surface area contributed by atoms with Gasteiger partial charge < -0.3 is 10.7 Å². The molecule has 2 rings (SSSR count). The van der Waals surface area contributed by atoms with Gasteiger partial charge in [0, 0.05) is 24.5 Å². The summed E-state index contributed by atoms with van der Waals surface area (Å²) in [6.45, 7) is 3.97. The first-order valence-corrected chi connectivity index (χ1v) is 5.89. The average Bonchev–Trinajstić information content (AvgIpc) is 2.87. The molecule has 2 heterocycles. The maximum absolute atomic E-state index is 12.2. The highest BCUT2D eigenvalue weighted by molar-refractivity contribution is 6.07. The third-order valence-electron chi connectivity index (χ3n) is 2.62. The van der Waals surface area contributed by atoms with E-state index >= 15 is 0 Å².